The van der Waals surface area contributed by atoms with Gasteiger partial charge in [-0.3, -0.25) is 0 Å². The monoisotopic (exact) mass is 422 g/mol. The summed E-state index contributed by atoms with van der Waals surface area (Å²) >= 11 is 0. The predicted molar refractivity (Wildman–Crippen MR) is 125 cm³/mol. The highest BCUT2D eigenvalue weighted by Crippen LogP contribution is 2.11. The molecule has 2 aromatic heterocycles. The zero-order valence-corrected chi connectivity index (χ0v) is 17.4. The van der Waals surface area contributed by atoms with Gasteiger partial charge in [-0.2, -0.15) is 10.2 Å². The molecule has 0 radical (unpaired) electrons. The smallest absolute Gasteiger partial charge is 0.213 e. The topological polar surface area (TPSA) is 69.0 Å². The van der Waals surface area contributed by atoms with E-state index in [0.29, 0.717) is 25.0 Å². The van der Waals surface area contributed by atoms with E-state index in [4.69, 9.17) is 9.47 Å². The van der Waals surface area contributed by atoms with Crippen molar-refractivity contribution in [3.05, 3.63) is 120 Å². The molecule has 6 nitrogen and oxygen atoms in total. The van der Waals surface area contributed by atoms with Gasteiger partial charge in [0.15, 0.2) is 0 Å². The Morgan fingerprint density at radius 1 is 0.594 bits per heavy atom. The first-order chi connectivity index (χ1) is 15.8. The minimum atomic E-state index is 0.440. The number of aromatic nitrogens is 2. The second kappa shape index (κ2) is 11.2. The Labute approximate surface area is 186 Å². The maximum absolute atomic E-state index is 5.69. The highest BCUT2D eigenvalue weighted by Gasteiger charge is 1.99. The van der Waals surface area contributed by atoms with Gasteiger partial charge in [-0.25, -0.2) is 9.97 Å². The van der Waals surface area contributed by atoms with Gasteiger partial charge < -0.3 is 9.47 Å². The lowest BCUT2D eigenvalue weighted by Gasteiger charge is -2.05. The van der Waals surface area contributed by atoms with Crippen LogP contribution in [0.2, 0.25) is 0 Å². The third-order valence-electron chi connectivity index (χ3n) is 4.43. The molecule has 0 saturated heterocycles. The Balaban J connectivity index is 1.31. The van der Waals surface area contributed by atoms with E-state index >= 15 is 0 Å². The first-order valence-corrected chi connectivity index (χ1v) is 10.2. The highest BCUT2D eigenvalue weighted by molar-refractivity contribution is 5.82. The molecule has 158 valence electrons. The summed E-state index contributed by atoms with van der Waals surface area (Å²) in [7, 11) is 0. The van der Waals surface area contributed by atoms with Crippen molar-refractivity contribution >= 4 is 12.4 Å². The van der Waals surface area contributed by atoms with Gasteiger partial charge >= 0.3 is 0 Å². The molecule has 4 aromatic rings. The van der Waals surface area contributed by atoms with E-state index in [1.54, 1.807) is 24.8 Å². The van der Waals surface area contributed by atoms with Gasteiger partial charge in [-0.05, 0) is 46.5 Å². The van der Waals surface area contributed by atoms with Crippen molar-refractivity contribution < 1.29 is 9.47 Å². The third-order valence-corrected chi connectivity index (χ3v) is 4.43. The lowest BCUT2D eigenvalue weighted by molar-refractivity contribution is 0.294. The summed E-state index contributed by atoms with van der Waals surface area (Å²) in [6, 6.07) is 27.1. The third kappa shape index (κ3) is 6.60. The van der Waals surface area contributed by atoms with Crippen LogP contribution in [0.4, 0.5) is 0 Å². The molecule has 2 heterocycles. The van der Waals surface area contributed by atoms with E-state index in [2.05, 4.69) is 20.2 Å². The van der Waals surface area contributed by atoms with Gasteiger partial charge in [0.05, 0.1) is 12.4 Å². The lowest BCUT2D eigenvalue weighted by atomic mass is 10.1. The molecule has 0 atom stereocenters. The van der Waals surface area contributed by atoms with Crippen molar-refractivity contribution in [3.63, 3.8) is 0 Å². The minimum Gasteiger partial charge on any atom is -0.473 e. The Hall–Kier alpha value is -4.32. The average Bonchev–Trinajstić information content (AvgIpc) is 2.86. The average molecular weight is 422 g/mol. The minimum absolute atomic E-state index is 0.440. The lowest BCUT2D eigenvalue weighted by Crippen LogP contribution is -1.97. The first-order valence-electron chi connectivity index (χ1n) is 10.2. The van der Waals surface area contributed by atoms with Crippen LogP contribution in [-0.2, 0) is 13.2 Å². The van der Waals surface area contributed by atoms with Gasteiger partial charge in [-0.1, -0.05) is 48.5 Å². The van der Waals surface area contributed by atoms with Crippen LogP contribution < -0.4 is 9.47 Å². The van der Waals surface area contributed by atoms with Crippen molar-refractivity contribution in [1.29, 1.82) is 0 Å². The molecule has 32 heavy (non-hydrogen) atoms. The molecule has 0 bridgehead atoms. The Kier molecular flexibility index (Phi) is 7.31. The Morgan fingerprint density at radius 2 is 1.09 bits per heavy atom. The fourth-order valence-electron chi connectivity index (χ4n) is 2.91. The van der Waals surface area contributed by atoms with Crippen LogP contribution in [0.25, 0.3) is 0 Å². The summed E-state index contributed by atoms with van der Waals surface area (Å²) < 4.78 is 11.4. The summed E-state index contributed by atoms with van der Waals surface area (Å²) in [5.41, 5.74) is 3.96. The molecule has 0 amide bonds. The van der Waals surface area contributed by atoms with Gasteiger partial charge in [0.1, 0.15) is 13.2 Å². The van der Waals surface area contributed by atoms with Crippen molar-refractivity contribution in [3.8, 4) is 11.8 Å². The fraction of sp³-hybridized carbons (Fsp3) is 0.0769. The van der Waals surface area contributed by atoms with Crippen LogP contribution in [0.5, 0.6) is 11.8 Å². The van der Waals surface area contributed by atoms with Crippen molar-refractivity contribution in [1.82, 2.24) is 9.97 Å². The first kappa shape index (κ1) is 20.9. The Morgan fingerprint density at radius 3 is 1.53 bits per heavy atom. The number of benzene rings is 2. The zero-order chi connectivity index (χ0) is 21.8. The highest BCUT2D eigenvalue weighted by atomic mass is 16.5. The normalized spacial score (nSPS) is 11.1. The maximum Gasteiger partial charge on any atom is 0.213 e. The van der Waals surface area contributed by atoms with Crippen LogP contribution in [0, 0.1) is 0 Å². The number of hydrogen-bond donors (Lipinski definition) is 0. The number of nitrogens with zero attached hydrogens (tertiary/aromatic N) is 4. The molecular formula is C26H22N4O2. The predicted octanol–water partition coefficient (Wildman–Crippen LogP) is 5.09. The summed E-state index contributed by atoms with van der Waals surface area (Å²) in [4.78, 5) is 8.32. The zero-order valence-electron chi connectivity index (χ0n) is 17.4. The second-order valence-corrected chi connectivity index (χ2v) is 6.89. The van der Waals surface area contributed by atoms with Crippen LogP contribution >= 0.6 is 0 Å². The van der Waals surface area contributed by atoms with Crippen LogP contribution in [0.1, 0.15) is 22.3 Å². The number of ether oxygens (including phenoxy) is 2. The van der Waals surface area contributed by atoms with E-state index in [0.717, 1.165) is 22.3 Å². The molecule has 0 spiro atoms. The standard InChI is InChI=1S/C26H22N4O2/c1-3-13-27-25(11-1)31-19-23-9-5-7-21(15-23)17-29-30-18-22-8-6-10-24(16-22)20-32-26-12-2-4-14-28-26/h1-18H,19-20H2. The summed E-state index contributed by atoms with van der Waals surface area (Å²) in [6.07, 6.45) is 6.85. The van der Waals surface area contributed by atoms with Gasteiger partial charge in [0.2, 0.25) is 11.8 Å². The number of pyridine rings is 2. The fourth-order valence-corrected chi connectivity index (χ4v) is 2.91. The quantitative estimate of drug-likeness (QED) is 0.278. The molecule has 0 saturated carbocycles. The van der Waals surface area contributed by atoms with Crippen LogP contribution in [-0.4, -0.2) is 22.4 Å². The van der Waals surface area contributed by atoms with Gasteiger partial charge in [0.25, 0.3) is 0 Å². The van der Waals surface area contributed by atoms with Crippen molar-refractivity contribution in [2.45, 2.75) is 13.2 Å². The molecule has 4 rings (SSSR count). The van der Waals surface area contributed by atoms with E-state index in [-0.39, 0.29) is 0 Å². The number of hydrogen-bond acceptors (Lipinski definition) is 6. The van der Waals surface area contributed by atoms with Crippen LogP contribution in [0.15, 0.2) is 108 Å². The summed E-state index contributed by atoms with van der Waals surface area (Å²) in [6.45, 7) is 0.880. The molecule has 2 aromatic carbocycles. The molecule has 0 N–H and O–H groups in total. The molecule has 0 unspecified atom stereocenters. The largest absolute Gasteiger partial charge is 0.473 e. The number of rotatable bonds is 9. The van der Waals surface area contributed by atoms with Gasteiger partial charge in [0, 0.05) is 24.5 Å². The molecule has 6 heteroatoms. The summed E-state index contributed by atoms with van der Waals surface area (Å²) in [5, 5.41) is 8.34. The summed E-state index contributed by atoms with van der Waals surface area (Å²) in [5.74, 6) is 1.20. The van der Waals surface area contributed by atoms with E-state index in [9.17, 15) is 0 Å². The molecule has 0 aliphatic rings. The second-order valence-electron chi connectivity index (χ2n) is 6.89. The molecule has 0 fully saturated rings. The van der Waals surface area contributed by atoms with Gasteiger partial charge in [-0.15, -0.1) is 0 Å². The maximum atomic E-state index is 5.69. The van der Waals surface area contributed by atoms with Crippen molar-refractivity contribution in [2.24, 2.45) is 10.2 Å². The van der Waals surface area contributed by atoms with E-state index in [1.165, 1.54) is 0 Å². The van der Waals surface area contributed by atoms with E-state index < -0.39 is 0 Å². The van der Waals surface area contributed by atoms with Crippen molar-refractivity contribution in [2.75, 3.05) is 0 Å². The molecule has 0 aliphatic heterocycles. The van der Waals surface area contributed by atoms with Crippen LogP contribution in [0.3, 0.4) is 0 Å². The van der Waals surface area contributed by atoms with E-state index in [1.807, 2.05) is 84.9 Å². The molecular weight excluding hydrogens is 400 g/mol. The SMILES string of the molecule is C(=NN=Cc1cccc(COc2ccccn2)c1)c1cccc(COc2ccccn2)c1. The Bertz CT molecular complexity index is 1080. The molecule has 0 aliphatic carbocycles.